The van der Waals surface area contributed by atoms with Crippen molar-refractivity contribution in [2.24, 2.45) is 5.73 Å². The second-order valence-electron chi connectivity index (χ2n) is 21.2. The molecule has 8 aromatic heterocycles. The molecule has 8 heterocycles. The third-order valence-electron chi connectivity index (χ3n) is 9.61. The maximum absolute atomic E-state index is 12.9. The summed E-state index contributed by atoms with van der Waals surface area (Å²) in [5.41, 5.74) is 6.85. The van der Waals surface area contributed by atoms with Gasteiger partial charge in [0.05, 0.1) is 17.1 Å². The standard InChI is InChI=1S/C26H29N5O6S4.C25H28N6O5S4/c1-25(2,3)36-23(33)13(31-24(34)37-26(4,5)6)8-18-27-14(9-38-18)19-28-15(10-39-19)20-29-16(11-40-20)21-30-17(12-41-21)22(32)35-7;1-24(2,3)35-22(33)12(31-23(34)36-25(4,5)6)7-17-27-14(9-37-17)19-29-16(11-39-19)21-30-15(10-40-21)20-28-13(8-38-20)18(26)32/h9-13H,8H2,1-7H3,(H,31,34);8-12H,7H2,1-6H3,(H2,26,32)(H,31,34)/t13-;12-/m00/s1. The molecule has 8 rings (SSSR count). The fourth-order valence-electron chi connectivity index (χ4n) is 6.44. The first-order valence-corrected chi connectivity index (χ1v) is 31.4. The van der Waals surface area contributed by atoms with E-state index in [1.807, 2.05) is 32.3 Å². The Hall–Kier alpha value is -6.54. The monoisotopic (exact) mass is 1260 g/mol. The van der Waals surface area contributed by atoms with Gasteiger partial charge in [0.2, 0.25) is 0 Å². The van der Waals surface area contributed by atoms with Crippen LogP contribution in [0.3, 0.4) is 0 Å². The first-order valence-electron chi connectivity index (χ1n) is 24.3. The van der Waals surface area contributed by atoms with E-state index >= 15 is 0 Å². The fourth-order valence-corrected chi connectivity index (χ4v) is 13.1. The van der Waals surface area contributed by atoms with Crippen molar-refractivity contribution in [1.82, 2.24) is 50.5 Å². The number of ether oxygens (including phenoxy) is 5. The summed E-state index contributed by atoms with van der Waals surface area (Å²) in [6.45, 7) is 21.1. The zero-order valence-electron chi connectivity index (χ0n) is 46.1. The van der Waals surface area contributed by atoms with Gasteiger partial charge < -0.3 is 40.1 Å². The summed E-state index contributed by atoms with van der Waals surface area (Å²) >= 11 is 11.0. The molecule has 0 spiro atoms. The van der Waals surface area contributed by atoms with E-state index in [4.69, 9.17) is 39.4 Å². The minimum atomic E-state index is -0.978. The molecule has 0 aliphatic carbocycles. The third kappa shape index (κ3) is 18.2. The molecule has 8 aromatic rings. The normalized spacial score (nSPS) is 12.6. The highest BCUT2D eigenvalue weighted by Gasteiger charge is 2.32. The summed E-state index contributed by atoms with van der Waals surface area (Å²) in [7, 11) is 1.31. The summed E-state index contributed by atoms with van der Waals surface area (Å²) in [6.07, 6.45) is -1.16. The molecule has 0 radical (unpaired) electrons. The van der Waals surface area contributed by atoms with E-state index in [0.29, 0.717) is 74.2 Å². The molecule has 30 heteroatoms. The topological polar surface area (TPSA) is 302 Å². The molecule has 3 amide bonds. The number of alkyl carbamates (subject to hydrolysis) is 2. The van der Waals surface area contributed by atoms with Gasteiger partial charge in [0.25, 0.3) is 5.91 Å². The number of thiazole rings is 8. The summed E-state index contributed by atoms with van der Waals surface area (Å²) in [5.74, 6) is -2.22. The van der Waals surface area contributed by atoms with Gasteiger partial charge in [-0.1, -0.05) is 0 Å². The lowest BCUT2D eigenvalue weighted by atomic mass is 10.1. The number of esters is 3. The van der Waals surface area contributed by atoms with E-state index in [0.717, 1.165) is 0 Å². The molecule has 430 valence electrons. The Morgan fingerprint density at radius 3 is 1.01 bits per heavy atom. The summed E-state index contributed by atoms with van der Waals surface area (Å²) in [6, 6.07) is -1.95. The fraction of sp³-hybridized carbons (Fsp3) is 0.412. The maximum Gasteiger partial charge on any atom is 0.408 e. The molecule has 0 aliphatic heterocycles. The smallest absolute Gasteiger partial charge is 0.408 e. The number of nitrogens with two attached hydrogens (primary N) is 1. The lowest BCUT2D eigenvalue weighted by Gasteiger charge is -2.25. The lowest BCUT2D eigenvalue weighted by molar-refractivity contribution is -0.158. The number of carbonyl (C=O) groups is 6. The number of carbonyl (C=O) groups excluding carboxylic acids is 6. The van der Waals surface area contributed by atoms with Crippen molar-refractivity contribution in [3.05, 3.63) is 64.4 Å². The Kier molecular flexibility index (Phi) is 19.7. The first-order chi connectivity index (χ1) is 37.9. The van der Waals surface area contributed by atoms with Crippen LogP contribution in [0.25, 0.3) is 64.2 Å². The number of methoxy groups -OCH3 is 1. The van der Waals surface area contributed by atoms with Crippen molar-refractivity contribution < 1.29 is 52.5 Å². The van der Waals surface area contributed by atoms with Gasteiger partial charge in [-0.3, -0.25) is 4.79 Å². The Labute approximate surface area is 498 Å². The number of nitrogens with one attached hydrogen (secondary N) is 2. The van der Waals surface area contributed by atoms with Gasteiger partial charge in [0.1, 0.15) is 104 Å². The van der Waals surface area contributed by atoms with E-state index in [-0.39, 0.29) is 24.2 Å². The predicted molar refractivity (Wildman–Crippen MR) is 316 cm³/mol. The van der Waals surface area contributed by atoms with Crippen LogP contribution < -0.4 is 16.4 Å². The third-order valence-corrected chi connectivity index (χ3v) is 16.5. The summed E-state index contributed by atoms with van der Waals surface area (Å²) < 4.78 is 26.4. The van der Waals surface area contributed by atoms with Crippen LogP contribution >= 0.6 is 90.7 Å². The van der Waals surface area contributed by atoms with Crippen LogP contribution in [0.1, 0.15) is 114 Å². The molecule has 0 saturated heterocycles. The van der Waals surface area contributed by atoms with Crippen molar-refractivity contribution in [3.8, 4) is 64.2 Å². The minimum Gasteiger partial charge on any atom is -0.464 e. The van der Waals surface area contributed by atoms with Gasteiger partial charge in [-0.05, 0) is 83.1 Å². The summed E-state index contributed by atoms with van der Waals surface area (Å²) in [4.78, 5) is 110. The molecule has 81 heavy (non-hydrogen) atoms. The largest absolute Gasteiger partial charge is 0.464 e. The summed E-state index contributed by atoms with van der Waals surface area (Å²) in [5, 5.41) is 25.0. The van der Waals surface area contributed by atoms with Gasteiger partial charge in [-0.25, -0.2) is 63.8 Å². The number of primary amides is 1. The van der Waals surface area contributed by atoms with Crippen molar-refractivity contribution in [2.75, 3.05) is 7.11 Å². The van der Waals surface area contributed by atoms with Gasteiger partial charge >= 0.3 is 30.1 Å². The Morgan fingerprint density at radius 2 is 0.704 bits per heavy atom. The van der Waals surface area contributed by atoms with Gasteiger partial charge in [0.15, 0.2) is 5.69 Å². The van der Waals surface area contributed by atoms with Crippen LogP contribution in [0.5, 0.6) is 0 Å². The molecule has 0 unspecified atom stereocenters. The maximum atomic E-state index is 12.9. The molecule has 22 nitrogen and oxygen atoms in total. The number of nitrogens with zero attached hydrogens (tertiary/aromatic N) is 8. The average molecular weight is 1260 g/mol. The van der Waals surface area contributed by atoms with Gasteiger partial charge in [0, 0.05) is 55.9 Å². The number of rotatable bonds is 16. The minimum absolute atomic E-state index is 0.133. The van der Waals surface area contributed by atoms with E-state index in [2.05, 4.69) is 40.5 Å². The molecule has 4 N–H and O–H groups in total. The molecule has 2 atom stereocenters. The molecule has 0 bridgehead atoms. The van der Waals surface area contributed by atoms with Crippen molar-refractivity contribution in [3.63, 3.8) is 0 Å². The van der Waals surface area contributed by atoms with Crippen LogP contribution in [0.15, 0.2) is 43.0 Å². The van der Waals surface area contributed by atoms with E-state index < -0.39 is 70.5 Å². The average Bonchev–Trinajstić information content (AvgIpc) is 4.29. The molecule has 0 fully saturated rings. The van der Waals surface area contributed by atoms with Crippen molar-refractivity contribution in [2.45, 2.75) is 130 Å². The van der Waals surface area contributed by atoms with Crippen LogP contribution in [0, 0.1) is 0 Å². The van der Waals surface area contributed by atoms with Crippen LogP contribution in [-0.4, -0.2) is 117 Å². The van der Waals surface area contributed by atoms with E-state index in [9.17, 15) is 28.8 Å². The Bertz CT molecular complexity index is 3520. The number of amides is 3. The van der Waals surface area contributed by atoms with E-state index in [1.54, 1.807) is 93.8 Å². The van der Waals surface area contributed by atoms with E-state index in [1.165, 1.54) is 97.8 Å². The zero-order chi connectivity index (χ0) is 59.2. The number of hydrogen-bond donors (Lipinski definition) is 3. The number of hydrogen-bond acceptors (Lipinski definition) is 27. The predicted octanol–water partition coefficient (Wildman–Crippen LogP) is 11.5. The van der Waals surface area contributed by atoms with Crippen LogP contribution in [-0.2, 0) is 46.1 Å². The van der Waals surface area contributed by atoms with Crippen LogP contribution in [0.4, 0.5) is 9.59 Å². The van der Waals surface area contributed by atoms with Crippen molar-refractivity contribution >= 4 is 127 Å². The van der Waals surface area contributed by atoms with Gasteiger partial charge in [-0.2, -0.15) is 0 Å². The quantitative estimate of drug-likeness (QED) is 0.0598. The highest BCUT2D eigenvalue weighted by molar-refractivity contribution is 7.18. The second-order valence-corrected chi connectivity index (χ2v) is 28.2. The Balaban J connectivity index is 0.000000234. The Morgan fingerprint density at radius 1 is 0.420 bits per heavy atom. The molecule has 0 saturated carbocycles. The lowest BCUT2D eigenvalue weighted by Crippen LogP contribution is -2.47. The molecule has 0 aliphatic rings. The molecular weight excluding hydrogens is 1200 g/mol. The highest BCUT2D eigenvalue weighted by Crippen LogP contribution is 2.36. The molecule has 0 aromatic carbocycles. The van der Waals surface area contributed by atoms with Gasteiger partial charge in [-0.15, -0.1) is 90.7 Å². The highest BCUT2D eigenvalue weighted by atomic mass is 32.1. The second kappa shape index (κ2) is 25.7. The number of aromatic nitrogens is 8. The zero-order valence-corrected chi connectivity index (χ0v) is 52.6. The van der Waals surface area contributed by atoms with Crippen LogP contribution in [0.2, 0.25) is 0 Å². The SMILES string of the molecule is CC(C)(C)OC(=O)N[C@@H](Cc1nc(-c2nc(-c3nc(-c4nc(C(N)=O)cs4)cs3)cs2)cs1)C(=O)OC(C)(C)C.COC(=O)c1csc(-c2csc(-c3csc(-c4csc(C[C@H](NC(=O)OC(C)(C)C)C(=O)OC(C)(C)C)n4)n3)n2)n1. The first kappa shape index (κ1) is 62.1. The van der Waals surface area contributed by atoms with Crippen molar-refractivity contribution in [1.29, 1.82) is 0 Å². The molecular formula is C51H57N11O11S8.